The SMILES string of the molecule is Clc1ccc(-n2c(C3=CN(C4CCOCC4)CC=N3)nc3ccncc32)cc1. The lowest BCUT2D eigenvalue weighted by atomic mass is 10.1. The highest BCUT2D eigenvalue weighted by molar-refractivity contribution is 6.30. The fourth-order valence-electron chi connectivity index (χ4n) is 3.81. The molecule has 0 saturated carbocycles. The number of pyridine rings is 1. The van der Waals surface area contributed by atoms with Gasteiger partial charge in [-0.25, -0.2) is 4.98 Å². The molecule has 0 radical (unpaired) electrons. The smallest absolute Gasteiger partial charge is 0.165 e. The van der Waals surface area contributed by atoms with Crippen LogP contribution in [0.2, 0.25) is 5.02 Å². The van der Waals surface area contributed by atoms with Crippen LogP contribution in [-0.2, 0) is 4.74 Å². The molecule has 0 bridgehead atoms. The van der Waals surface area contributed by atoms with Gasteiger partial charge in [0.05, 0.1) is 23.8 Å². The van der Waals surface area contributed by atoms with E-state index in [2.05, 4.69) is 25.6 Å². The lowest BCUT2D eigenvalue weighted by molar-refractivity contribution is 0.0534. The van der Waals surface area contributed by atoms with Crippen molar-refractivity contribution in [1.82, 2.24) is 19.4 Å². The van der Waals surface area contributed by atoms with Gasteiger partial charge in [0.25, 0.3) is 0 Å². The number of aliphatic imine (C=N–C) groups is 1. The molecule has 6 nitrogen and oxygen atoms in total. The van der Waals surface area contributed by atoms with Crippen LogP contribution in [0.1, 0.15) is 18.7 Å². The standard InChI is InChI=1S/C21H20ClN5O/c22-15-1-3-17(4-2-15)27-20-13-23-8-5-18(20)25-21(27)19-14-26(10-9-24-19)16-6-11-28-12-7-16/h1-5,8-9,13-14,16H,6-7,10-12H2. The Morgan fingerprint density at radius 2 is 1.89 bits per heavy atom. The number of imidazole rings is 1. The number of fused-ring (bicyclic) bond motifs is 1. The second-order valence-electron chi connectivity index (χ2n) is 6.98. The first kappa shape index (κ1) is 17.4. The Hall–Kier alpha value is -2.70. The van der Waals surface area contributed by atoms with E-state index in [0.717, 1.165) is 60.8 Å². The molecule has 1 saturated heterocycles. The first-order valence-electron chi connectivity index (χ1n) is 9.46. The zero-order valence-electron chi connectivity index (χ0n) is 15.3. The van der Waals surface area contributed by atoms with E-state index in [-0.39, 0.29) is 0 Å². The van der Waals surface area contributed by atoms with Crippen LogP contribution in [0.15, 0.2) is 53.9 Å². The van der Waals surface area contributed by atoms with Crippen LogP contribution in [0.25, 0.3) is 22.4 Å². The molecule has 7 heteroatoms. The number of hydrogen-bond acceptors (Lipinski definition) is 5. The maximum absolute atomic E-state index is 6.10. The highest BCUT2D eigenvalue weighted by atomic mass is 35.5. The fourth-order valence-corrected chi connectivity index (χ4v) is 3.94. The molecular formula is C21H20ClN5O. The van der Waals surface area contributed by atoms with E-state index in [1.165, 1.54) is 0 Å². The van der Waals surface area contributed by atoms with Crippen molar-refractivity contribution in [3.05, 3.63) is 59.8 Å². The summed E-state index contributed by atoms with van der Waals surface area (Å²) in [5.74, 6) is 0.804. The third kappa shape index (κ3) is 3.19. The molecular weight excluding hydrogens is 374 g/mol. The summed E-state index contributed by atoms with van der Waals surface area (Å²) in [7, 11) is 0. The van der Waals surface area contributed by atoms with Gasteiger partial charge in [-0.15, -0.1) is 0 Å². The lowest BCUT2D eigenvalue weighted by Crippen LogP contribution is -2.38. The quantitative estimate of drug-likeness (QED) is 0.676. The maximum atomic E-state index is 6.10. The van der Waals surface area contributed by atoms with Gasteiger partial charge in [0.2, 0.25) is 0 Å². The third-order valence-electron chi connectivity index (χ3n) is 5.24. The van der Waals surface area contributed by atoms with Crippen molar-refractivity contribution in [2.24, 2.45) is 4.99 Å². The summed E-state index contributed by atoms with van der Waals surface area (Å²) >= 11 is 6.10. The summed E-state index contributed by atoms with van der Waals surface area (Å²) in [6.45, 7) is 2.45. The molecule has 2 aliphatic rings. The van der Waals surface area contributed by atoms with Gasteiger partial charge in [0.1, 0.15) is 5.70 Å². The highest BCUT2D eigenvalue weighted by Crippen LogP contribution is 2.29. The van der Waals surface area contributed by atoms with Crippen LogP contribution in [0, 0.1) is 0 Å². The Kier molecular flexibility index (Phi) is 4.58. The molecule has 0 spiro atoms. The van der Waals surface area contributed by atoms with Gasteiger partial charge in [0.15, 0.2) is 5.82 Å². The largest absolute Gasteiger partial charge is 0.381 e. The molecule has 0 unspecified atom stereocenters. The van der Waals surface area contributed by atoms with Crippen molar-refractivity contribution in [3.63, 3.8) is 0 Å². The summed E-state index contributed by atoms with van der Waals surface area (Å²) in [4.78, 5) is 16.2. The van der Waals surface area contributed by atoms with E-state index in [1.807, 2.05) is 42.7 Å². The molecule has 4 heterocycles. The molecule has 0 N–H and O–H groups in total. The van der Waals surface area contributed by atoms with Gasteiger partial charge in [-0.3, -0.25) is 14.5 Å². The number of ether oxygens (including phenoxy) is 1. The normalized spacial score (nSPS) is 17.9. The van der Waals surface area contributed by atoms with Gasteiger partial charge < -0.3 is 9.64 Å². The predicted molar refractivity (Wildman–Crippen MR) is 111 cm³/mol. The molecule has 5 rings (SSSR count). The topological polar surface area (TPSA) is 55.5 Å². The van der Waals surface area contributed by atoms with Crippen molar-refractivity contribution in [3.8, 4) is 5.69 Å². The average molecular weight is 394 g/mol. The van der Waals surface area contributed by atoms with Crippen LogP contribution in [0.5, 0.6) is 0 Å². The molecule has 1 aromatic carbocycles. The molecule has 1 fully saturated rings. The maximum Gasteiger partial charge on any atom is 0.165 e. The van der Waals surface area contributed by atoms with Crippen molar-refractivity contribution in [2.75, 3.05) is 19.8 Å². The fraction of sp³-hybridized carbons (Fsp3) is 0.286. The van der Waals surface area contributed by atoms with Gasteiger partial charge in [-0.1, -0.05) is 11.6 Å². The predicted octanol–water partition coefficient (Wildman–Crippen LogP) is 3.94. The van der Waals surface area contributed by atoms with Crippen molar-refractivity contribution in [2.45, 2.75) is 18.9 Å². The van der Waals surface area contributed by atoms with Crippen LogP contribution >= 0.6 is 11.6 Å². The molecule has 0 aliphatic carbocycles. The number of benzene rings is 1. The molecule has 2 aromatic heterocycles. The molecule has 0 amide bonds. The van der Waals surface area contributed by atoms with Crippen LogP contribution < -0.4 is 0 Å². The molecule has 142 valence electrons. The van der Waals surface area contributed by atoms with Gasteiger partial charge >= 0.3 is 0 Å². The summed E-state index contributed by atoms with van der Waals surface area (Å²) in [6.07, 6.45) is 9.78. The van der Waals surface area contributed by atoms with Gasteiger partial charge in [-0.05, 0) is 43.2 Å². The number of nitrogens with zero attached hydrogens (tertiary/aromatic N) is 5. The minimum atomic E-state index is 0.477. The lowest BCUT2D eigenvalue weighted by Gasteiger charge is -2.34. The Morgan fingerprint density at radius 3 is 2.71 bits per heavy atom. The van der Waals surface area contributed by atoms with E-state index < -0.39 is 0 Å². The van der Waals surface area contributed by atoms with Gasteiger partial charge in [0, 0.05) is 48.6 Å². The Bertz CT molecular complexity index is 1050. The molecule has 28 heavy (non-hydrogen) atoms. The Morgan fingerprint density at radius 1 is 1.07 bits per heavy atom. The molecule has 2 aliphatic heterocycles. The van der Waals surface area contributed by atoms with E-state index in [1.54, 1.807) is 6.20 Å². The summed E-state index contributed by atoms with van der Waals surface area (Å²) in [5.41, 5.74) is 3.66. The summed E-state index contributed by atoms with van der Waals surface area (Å²) < 4.78 is 7.61. The zero-order chi connectivity index (χ0) is 18.9. The average Bonchev–Trinajstić information content (AvgIpc) is 3.15. The highest BCUT2D eigenvalue weighted by Gasteiger charge is 2.23. The number of hydrogen-bond donors (Lipinski definition) is 0. The molecule has 3 aromatic rings. The summed E-state index contributed by atoms with van der Waals surface area (Å²) in [6, 6.07) is 10.2. The zero-order valence-corrected chi connectivity index (χ0v) is 16.1. The number of rotatable bonds is 3. The van der Waals surface area contributed by atoms with Crippen LogP contribution in [0.3, 0.4) is 0 Å². The first-order valence-corrected chi connectivity index (χ1v) is 9.84. The van der Waals surface area contributed by atoms with Gasteiger partial charge in [-0.2, -0.15) is 0 Å². The second kappa shape index (κ2) is 7.37. The van der Waals surface area contributed by atoms with E-state index in [9.17, 15) is 0 Å². The second-order valence-corrected chi connectivity index (χ2v) is 7.41. The van der Waals surface area contributed by atoms with Crippen LogP contribution in [-0.4, -0.2) is 51.4 Å². The van der Waals surface area contributed by atoms with Crippen LogP contribution in [0.4, 0.5) is 0 Å². The van der Waals surface area contributed by atoms with E-state index in [4.69, 9.17) is 21.3 Å². The monoisotopic (exact) mass is 393 g/mol. The number of halogens is 1. The Balaban J connectivity index is 1.62. The minimum absolute atomic E-state index is 0.477. The number of aromatic nitrogens is 3. The summed E-state index contributed by atoms with van der Waals surface area (Å²) in [5, 5.41) is 0.702. The van der Waals surface area contributed by atoms with E-state index >= 15 is 0 Å². The molecule has 0 atom stereocenters. The first-order chi connectivity index (χ1) is 13.8. The van der Waals surface area contributed by atoms with Crippen molar-refractivity contribution >= 4 is 34.5 Å². The van der Waals surface area contributed by atoms with E-state index in [0.29, 0.717) is 11.1 Å². The van der Waals surface area contributed by atoms with Crippen molar-refractivity contribution in [1.29, 1.82) is 0 Å². The third-order valence-corrected chi connectivity index (χ3v) is 5.49. The minimum Gasteiger partial charge on any atom is -0.381 e. The van der Waals surface area contributed by atoms with Crippen molar-refractivity contribution < 1.29 is 4.74 Å². The Labute approximate surface area is 168 Å².